The summed E-state index contributed by atoms with van der Waals surface area (Å²) in [5, 5.41) is 12.2. The van der Waals surface area contributed by atoms with Crippen molar-refractivity contribution in [1.82, 2.24) is 15.0 Å². The van der Waals surface area contributed by atoms with Crippen molar-refractivity contribution in [1.29, 1.82) is 0 Å². The highest BCUT2D eigenvalue weighted by Gasteiger charge is 2.24. The van der Waals surface area contributed by atoms with Crippen LogP contribution in [-0.4, -0.2) is 26.2 Å². The van der Waals surface area contributed by atoms with Gasteiger partial charge in [0, 0.05) is 16.7 Å². The Hall–Kier alpha value is -2.27. The van der Waals surface area contributed by atoms with Crippen LogP contribution in [0, 0.1) is 0 Å². The monoisotopic (exact) mass is 295 g/mol. The van der Waals surface area contributed by atoms with Gasteiger partial charge in [0.15, 0.2) is 0 Å². The van der Waals surface area contributed by atoms with Crippen LogP contribution in [0.4, 0.5) is 0 Å². The number of H-pyrrole nitrogens is 1. The van der Waals surface area contributed by atoms with Crippen LogP contribution < -0.4 is 5.56 Å². The predicted octanol–water partition coefficient (Wildman–Crippen LogP) is 2.49. The van der Waals surface area contributed by atoms with Gasteiger partial charge in [-0.2, -0.15) is 0 Å². The van der Waals surface area contributed by atoms with E-state index in [2.05, 4.69) is 15.0 Å². The maximum Gasteiger partial charge on any atom is 0.257 e. The fraction of sp³-hybridized carbons (Fsp3) is 0.353. The molecule has 0 radical (unpaired) electrons. The van der Waals surface area contributed by atoms with Gasteiger partial charge in [-0.15, -0.1) is 0 Å². The van der Waals surface area contributed by atoms with Crippen LogP contribution in [-0.2, 0) is 0 Å². The van der Waals surface area contributed by atoms with Crippen molar-refractivity contribution in [2.24, 2.45) is 0 Å². The highest BCUT2D eigenvalue weighted by Crippen LogP contribution is 2.36. The fourth-order valence-electron chi connectivity index (χ4n) is 3.49. The second-order valence-corrected chi connectivity index (χ2v) is 5.99. The summed E-state index contributed by atoms with van der Waals surface area (Å²) in [5.41, 5.74) is 1.47. The summed E-state index contributed by atoms with van der Waals surface area (Å²) in [6, 6.07) is 7.58. The molecule has 2 heterocycles. The zero-order valence-electron chi connectivity index (χ0n) is 12.1. The van der Waals surface area contributed by atoms with Crippen molar-refractivity contribution >= 4 is 21.8 Å². The van der Waals surface area contributed by atoms with Gasteiger partial charge < -0.3 is 10.1 Å². The number of rotatable bonds is 1. The molecule has 2 N–H and O–H groups in total. The minimum atomic E-state index is -0.194. The molecule has 0 saturated heterocycles. The average Bonchev–Trinajstić information content (AvgIpc) is 2.55. The van der Waals surface area contributed by atoms with Gasteiger partial charge in [0.05, 0.1) is 11.8 Å². The number of benzene rings is 1. The number of hydrogen-bond donors (Lipinski definition) is 2. The molecule has 0 atom stereocenters. The molecule has 22 heavy (non-hydrogen) atoms. The van der Waals surface area contributed by atoms with Gasteiger partial charge in [0.1, 0.15) is 12.0 Å². The Labute approximate surface area is 127 Å². The molecule has 112 valence electrons. The van der Waals surface area contributed by atoms with Crippen LogP contribution in [0.15, 0.2) is 35.4 Å². The quantitative estimate of drug-likeness (QED) is 0.676. The Morgan fingerprint density at radius 2 is 1.77 bits per heavy atom. The van der Waals surface area contributed by atoms with Crippen molar-refractivity contribution in [2.75, 3.05) is 0 Å². The lowest BCUT2D eigenvalue weighted by Crippen LogP contribution is -2.18. The Morgan fingerprint density at radius 3 is 2.55 bits per heavy atom. The molecule has 0 bridgehead atoms. The molecular formula is C17H17N3O2. The molecule has 0 amide bonds. The van der Waals surface area contributed by atoms with Crippen molar-refractivity contribution in [2.45, 2.75) is 37.7 Å². The second kappa shape index (κ2) is 5.18. The summed E-state index contributed by atoms with van der Waals surface area (Å²) >= 11 is 0. The second-order valence-electron chi connectivity index (χ2n) is 5.99. The number of hydrogen-bond acceptors (Lipinski definition) is 4. The lowest BCUT2D eigenvalue weighted by molar-refractivity contribution is 0.122. The first-order valence-corrected chi connectivity index (χ1v) is 7.67. The van der Waals surface area contributed by atoms with Crippen molar-refractivity contribution < 1.29 is 5.11 Å². The molecule has 3 aromatic rings. The molecule has 1 aliphatic rings. The topological polar surface area (TPSA) is 78.9 Å². The molecule has 0 aliphatic heterocycles. The molecule has 1 fully saturated rings. The van der Waals surface area contributed by atoms with Crippen LogP contribution >= 0.6 is 0 Å². The maximum atomic E-state index is 12.2. The van der Waals surface area contributed by atoms with Gasteiger partial charge in [-0.05, 0) is 37.1 Å². The van der Waals surface area contributed by atoms with E-state index in [4.69, 9.17) is 0 Å². The normalized spacial score (nSPS) is 22.2. The molecule has 2 aromatic heterocycles. The van der Waals surface area contributed by atoms with E-state index in [9.17, 15) is 9.90 Å². The zero-order valence-corrected chi connectivity index (χ0v) is 12.1. The van der Waals surface area contributed by atoms with Crippen LogP contribution in [0.3, 0.4) is 0 Å². The number of aromatic nitrogens is 3. The smallest absolute Gasteiger partial charge is 0.257 e. The van der Waals surface area contributed by atoms with Gasteiger partial charge in [-0.3, -0.25) is 4.79 Å². The summed E-state index contributed by atoms with van der Waals surface area (Å²) < 4.78 is 0. The minimum absolute atomic E-state index is 0.119. The van der Waals surface area contributed by atoms with E-state index in [0.717, 1.165) is 42.1 Å². The third-order valence-corrected chi connectivity index (χ3v) is 4.63. The van der Waals surface area contributed by atoms with Crippen molar-refractivity contribution in [3.63, 3.8) is 0 Å². The number of aromatic amines is 1. The number of fused-ring (bicyclic) bond motifs is 3. The van der Waals surface area contributed by atoms with E-state index >= 15 is 0 Å². The maximum absolute atomic E-state index is 12.2. The Bertz CT molecular complexity index is 895. The fourth-order valence-corrected chi connectivity index (χ4v) is 3.49. The summed E-state index contributed by atoms with van der Waals surface area (Å²) in [5.74, 6) is 0.309. The standard InChI is InChI=1S/C17H17N3O2/c21-11-7-5-10(6-8-11)15-14-12-3-1-2-4-13(12)17(22)20-16(14)19-9-18-15/h1-4,9-11,21H,5-8H2,(H,18,19,20,22). The van der Waals surface area contributed by atoms with Gasteiger partial charge >= 0.3 is 0 Å². The third kappa shape index (κ3) is 2.09. The lowest BCUT2D eigenvalue weighted by Gasteiger charge is -2.25. The zero-order chi connectivity index (χ0) is 15.1. The van der Waals surface area contributed by atoms with Gasteiger partial charge in [-0.25, -0.2) is 9.97 Å². The van der Waals surface area contributed by atoms with E-state index in [1.54, 1.807) is 0 Å². The molecule has 5 nitrogen and oxygen atoms in total. The Balaban J connectivity index is 1.99. The lowest BCUT2D eigenvalue weighted by atomic mass is 9.84. The van der Waals surface area contributed by atoms with E-state index in [1.807, 2.05) is 24.3 Å². The van der Waals surface area contributed by atoms with Crippen LogP contribution in [0.5, 0.6) is 0 Å². The average molecular weight is 295 g/mol. The molecule has 1 aliphatic carbocycles. The van der Waals surface area contributed by atoms with E-state index in [0.29, 0.717) is 17.0 Å². The first-order valence-electron chi connectivity index (χ1n) is 7.67. The van der Waals surface area contributed by atoms with Crippen molar-refractivity contribution in [3.8, 4) is 0 Å². The number of pyridine rings is 1. The number of nitrogens with zero attached hydrogens (tertiary/aromatic N) is 2. The Morgan fingerprint density at radius 1 is 1.05 bits per heavy atom. The highest BCUT2D eigenvalue weighted by molar-refractivity contribution is 6.05. The summed E-state index contributed by atoms with van der Waals surface area (Å²) in [6.45, 7) is 0. The highest BCUT2D eigenvalue weighted by atomic mass is 16.3. The first-order chi connectivity index (χ1) is 10.7. The summed E-state index contributed by atoms with van der Waals surface area (Å²) in [7, 11) is 0. The number of aliphatic hydroxyl groups excluding tert-OH is 1. The Kier molecular flexibility index (Phi) is 3.15. The summed E-state index contributed by atoms with van der Waals surface area (Å²) in [4.78, 5) is 23.8. The largest absolute Gasteiger partial charge is 0.393 e. The molecule has 5 heteroatoms. The van der Waals surface area contributed by atoms with E-state index in [-0.39, 0.29) is 11.7 Å². The van der Waals surface area contributed by atoms with E-state index in [1.165, 1.54) is 6.33 Å². The molecule has 0 unspecified atom stereocenters. The first kappa shape index (κ1) is 13.4. The number of nitrogens with one attached hydrogen (secondary N) is 1. The van der Waals surface area contributed by atoms with Crippen LogP contribution in [0.1, 0.15) is 37.3 Å². The van der Waals surface area contributed by atoms with E-state index < -0.39 is 0 Å². The van der Waals surface area contributed by atoms with Gasteiger partial charge in [0.25, 0.3) is 5.56 Å². The van der Waals surface area contributed by atoms with Gasteiger partial charge in [-0.1, -0.05) is 18.2 Å². The minimum Gasteiger partial charge on any atom is -0.393 e. The molecule has 1 aromatic carbocycles. The van der Waals surface area contributed by atoms with Crippen LogP contribution in [0.25, 0.3) is 21.8 Å². The SMILES string of the molecule is O=c1[nH]c2ncnc(C3CCC(O)CC3)c2c2ccccc12. The van der Waals surface area contributed by atoms with Gasteiger partial charge in [0.2, 0.25) is 0 Å². The summed E-state index contributed by atoms with van der Waals surface area (Å²) in [6.07, 6.45) is 4.77. The predicted molar refractivity (Wildman–Crippen MR) is 84.9 cm³/mol. The molecule has 0 spiro atoms. The molecule has 1 saturated carbocycles. The van der Waals surface area contributed by atoms with Crippen molar-refractivity contribution in [3.05, 3.63) is 46.6 Å². The third-order valence-electron chi connectivity index (χ3n) is 4.63. The van der Waals surface area contributed by atoms with Crippen LogP contribution in [0.2, 0.25) is 0 Å². The molecular weight excluding hydrogens is 278 g/mol. The molecule has 4 rings (SSSR count). The number of aliphatic hydroxyl groups is 1.